The Balaban J connectivity index is 1.96. The van der Waals surface area contributed by atoms with Crippen LogP contribution in [0.5, 0.6) is 0 Å². The molecular weight excluding hydrogens is 237 g/mol. The molecule has 0 saturated heterocycles. The molecule has 19 heavy (non-hydrogen) atoms. The first-order valence-corrected chi connectivity index (χ1v) is 7.79. The molecule has 1 saturated carbocycles. The molecule has 1 fully saturated rings. The molecule has 1 nitrogen and oxygen atoms in total. The number of nitrogens with one attached hydrogen (secondary N) is 1. The Kier molecular flexibility index (Phi) is 5.84. The second kappa shape index (κ2) is 7.64. The van der Waals surface area contributed by atoms with Crippen molar-refractivity contribution in [2.24, 2.45) is 5.92 Å². The van der Waals surface area contributed by atoms with Crippen LogP contribution in [0.25, 0.3) is 0 Å². The van der Waals surface area contributed by atoms with Crippen molar-refractivity contribution in [2.75, 3.05) is 6.54 Å². The van der Waals surface area contributed by atoms with Gasteiger partial charge in [-0.15, -0.1) is 0 Å². The van der Waals surface area contributed by atoms with E-state index in [1.165, 1.54) is 32.1 Å². The van der Waals surface area contributed by atoms with Gasteiger partial charge in [0.05, 0.1) is 0 Å². The molecule has 0 spiro atoms. The predicted molar refractivity (Wildman–Crippen MR) is 78.6 cm³/mol. The summed E-state index contributed by atoms with van der Waals surface area (Å²) < 4.78 is 13.9. The highest BCUT2D eigenvalue weighted by atomic mass is 19.1. The molecule has 1 unspecified atom stereocenters. The van der Waals surface area contributed by atoms with Gasteiger partial charge in [-0.2, -0.15) is 0 Å². The third-order valence-electron chi connectivity index (χ3n) is 4.26. The smallest absolute Gasteiger partial charge is 0.127 e. The minimum absolute atomic E-state index is 0.0671. The lowest BCUT2D eigenvalue weighted by molar-refractivity contribution is 0.403. The van der Waals surface area contributed by atoms with Crippen LogP contribution in [-0.4, -0.2) is 6.54 Å². The maximum Gasteiger partial charge on any atom is 0.127 e. The monoisotopic (exact) mass is 263 g/mol. The van der Waals surface area contributed by atoms with Crippen molar-refractivity contribution >= 4 is 0 Å². The Morgan fingerprint density at radius 1 is 1.26 bits per heavy atom. The standard InChI is InChI=1S/C17H26FN/c1-2-13-19-17(12-11-14-7-3-4-8-14)15-9-5-6-10-16(15)18/h5-6,9-10,14,17,19H,2-4,7-8,11-13H2,1H3. The van der Waals surface area contributed by atoms with Crippen molar-refractivity contribution in [1.29, 1.82) is 0 Å². The lowest BCUT2D eigenvalue weighted by Crippen LogP contribution is -2.23. The van der Waals surface area contributed by atoms with E-state index < -0.39 is 0 Å². The maximum atomic E-state index is 13.9. The van der Waals surface area contributed by atoms with Crippen LogP contribution >= 0.6 is 0 Å². The Labute approximate surface area is 116 Å². The quantitative estimate of drug-likeness (QED) is 0.742. The molecule has 1 aromatic carbocycles. The van der Waals surface area contributed by atoms with Crippen LogP contribution in [0, 0.1) is 11.7 Å². The molecule has 0 heterocycles. The number of benzene rings is 1. The van der Waals surface area contributed by atoms with Gasteiger partial charge in [0.15, 0.2) is 0 Å². The van der Waals surface area contributed by atoms with Gasteiger partial charge in [0, 0.05) is 11.6 Å². The molecule has 0 amide bonds. The summed E-state index contributed by atoms with van der Waals surface area (Å²) in [5, 5.41) is 3.51. The maximum absolute atomic E-state index is 13.9. The Morgan fingerprint density at radius 3 is 2.68 bits per heavy atom. The summed E-state index contributed by atoms with van der Waals surface area (Å²) >= 11 is 0. The van der Waals surface area contributed by atoms with Crippen LogP contribution in [0.4, 0.5) is 4.39 Å². The first-order chi connectivity index (χ1) is 9.31. The number of halogens is 1. The van der Waals surface area contributed by atoms with E-state index in [-0.39, 0.29) is 11.9 Å². The molecule has 0 radical (unpaired) electrons. The van der Waals surface area contributed by atoms with E-state index in [0.29, 0.717) is 0 Å². The fourth-order valence-corrected chi connectivity index (χ4v) is 3.15. The average Bonchev–Trinajstić information content (AvgIpc) is 2.93. The lowest BCUT2D eigenvalue weighted by Gasteiger charge is -2.21. The van der Waals surface area contributed by atoms with E-state index in [9.17, 15) is 4.39 Å². The fourth-order valence-electron chi connectivity index (χ4n) is 3.15. The van der Waals surface area contributed by atoms with Crippen molar-refractivity contribution in [2.45, 2.75) is 57.9 Å². The van der Waals surface area contributed by atoms with Gasteiger partial charge in [-0.3, -0.25) is 0 Å². The molecular formula is C17H26FN. The third-order valence-corrected chi connectivity index (χ3v) is 4.26. The number of hydrogen-bond donors (Lipinski definition) is 1. The molecule has 1 atom stereocenters. The molecule has 106 valence electrons. The zero-order valence-corrected chi connectivity index (χ0v) is 12.0. The van der Waals surface area contributed by atoms with Crippen LogP contribution in [0.15, 0.2) is 24.3 Å². The molecule has 2 rings (SSSR count). The Bertz CT molecular complexity index is 371. The van der Waals surface area contributed by atoms with Gasteiger partial charge in [0.2, 0.25) is 0 Å². The Hall–Kier alpha value is -0.890. The van der Waals surface area contributed by atoms with Crippen molar-refractivity contribution in [3.8, 4) is 0 Å². The molecule has 0 aromatic heterocycles. The van der Waals surface area contributed by atoms with Crippen LogP contribution in [0.3, 0.4) is 0 Å². The van der Waals surface area contributed by atoms with Gasteiger partial charge in [0.25, 0.3) is 0 Å². The normalized spacial score (nSPS) is 17.8. The molecule has 2 heteroatoms. The minimum Gasteiger partial charge on any atom is -0.310 e. The molecule has 1 N–H and O–H groups in total. The van der Waals surface area contributed by atoms with Crippen LogP contribution in [-0.2, 0) is 0 Å². The number of hydrogen-bond acceptors (Lipinski definition) is 1. The van der Waals surface area contributed by atoms with E-state index in [1.54, 1.807) is 12.1 Å². The fraction of sp³-hybridized carbons (Fsp3) is 0.647. The average molecular weight is 263 g/mol. The summed E-state index contributed by atoms with van der Waals surface area (Å²) in [6.45, 7) is 3.12. The van der Waals surface area contributed by atoms with E-state index in [1.807, 2.05) is 12.1 Å². The second-order valence-corrected chi connectivity index (χ2v) is 5.76. The number of rotatable bonds is 7. The second-order valence-electron chi connectivity index (χ2n) is 5.76. The van der Waals surface area contributed by atoms with Gasteiger partial charge in [0.1, 0.15) is 5.82 Å². The van der Waals surface area contributed by atoms with Crippen molar-refractivity contribution < 1.29 is 4.39 Å². The largest absolute Gasteiger partial charge is 0.310 e. The molecule has 1 aliphatic carbocycles. The van der Waals surface area contributed by atoms with Crippen molar-refractivity contribution in [3.63, 3.8) is 0 Å². The van der Waals surface area contributed by atoms with E-state index in [0.717, 1.165) is 30.9 Å². The van der Waals surface area contributed by atoms with Gasteiger partial charge in [-0.1, -0.05) is 50.8 Å². The van der Waals surface area contributed by atoms with Crippen molar-refractivity contribution in [1.82, 2.24) is 5.32 Å². The summed E-state index contributed by atoms with van der Waals surface area (Å²) in [5.74, 6) is 0.806. The van der Waals surface area contributed by atoms with Gasteiger partial charge < -0.3 is 5.32 Å². The summed E-state index contributed by atoms with van der Waals surface area (Å²) in [7, 11) is 0. The highest BCUT2D eigenvalue weighted by Crippen LogP contribution is 2.32. The topological polar surface area (TPSA) is 12.0 Å². The van der Waals surface area contributed by atoms with E-state index in [4.69, 9.17) is 0 Å². The van der Waals surface area contributed by atoms with Gasteiger partial charge in [-0.25, -0.2) is 4.39 Å². The van der Waals surface area contributed by atoms with Crippen molar-refractivity contribution in [3.05, 3.63) is 35.6 Å². The third kappa shape index (κ3) is 4.31. The highest BCUT2D eigenvalue weighted by Gasteiger charge is 2.19. The summed E-state index contributed by atoms with van der Waals surface area (Å²) in [5.41, 5.74) is 0.842. The highest BCUT2D eigenvalue weighted by molar-refractivity contribution is 5.21. The lowest BCUT2D eigenvalue weighted by atomic mass is 9.94. The molecule has 1 aliphatic rings. The molecule has 0 bridgehead atoms. The SMILES string of the molecule is CCCNC(CCC1CCCC1)c1ccccc1F. The first kappa shape index (κ1) is 14.5. The zero-order valence-electron chi connectivity index (χ0n) is 12.0. The van der Waals surface area contributed by atoms with Crippen LogP contribution < -0.4 is 5.32 Å². The van der Waals surface area contributed by atoms with Crippen LogP contribution in [0.2, 0.25) is 0 Å². The Morgan fingerprint density at radius 2 is 2.00 bits per heavy atom. The first-order valence-electron chi connectivity index (χ1n) is 7.79. The van der Waals surface area contributed by atoms with Gasteiger partial charge >= 0.3 is 0 Å². The van der Waals surface area contributed by atoms with E-state index >= 15 is 0 Å². The van der Waals surface area contributed by atoms with Gasteiger partial charge in [-0.05, 0) is 37.8 Å². The zero-order chi connectivity index (χ0) is 13.5. The molecule has 0 aliphatic heterocycles. The molecule has 1 aromatic rings. The summed E-state index contributed by atoms with van der Waals surface area (Å²) in [4.78, 5) is 0. The summed E-state index contributed by atoms with van der Waals surface area (Å²) in [6.07, 6.45) is 8.90. The van der Waals surface area contributed by atoms with E-state index in [2.05, 4.69) is 12.2 Å². The predicted octanol–water partition coefficient (Wildman–Crippen LogP) is 4.84. The van der Waals surface area contributed by atoms with Crippen LogP contribution in [0.1, 0.15) is 63.5 Å². The summed E-state index contributed by atoms with van der Waals surface area (Å²) in [6, 6.07) is 7.39. The minimum atomic E-state index is -0.0671.